The molecule has 172 valence electrons. The maximum absolute atomic E-state index is 12.3. The standard InChI is InChI=1S/C26H39NO4/c1-23-9-6-20(31-14-3-13-27)16-18(23)4-5-22-21(23)7-10-24(2)25(28,11-12-26(22,24)29)19-8-15-30-17-19/h8,15-17,20-22,28-29H,3-7,9-14,27H2,1-2H3/t20-,21-,22+,23-,24+,25-,26-/m0/s1. The Balaban J connectivity index is 1.42. The number of nitrogens with two attached hydrogens (primary N) is 1. The summed E-state index contributed by atoms with van der Waals surface area (Å²) in [6, 6.07) is 1.87. The van der Waals surface area contributed by atoms with E-state index in [4.69, 9.17) is 14.9 Å². The number of allylic oxidation sites excluding steroid dienone is 1. The first-order chi connectivity index (χ1) is 14.8. The number of aliphatic hydroxyl groups is 2. The van der Waals surface area contributed by atoms with Crippen molar-refractivity contribution in [3.8, 4) is 0 Å². The Morgan fingerprint density at radius 2 is 1.94 bits per heavy atom. The average molecular weight is 430 g/mol. The zero-order valence-corrected chi connectivity index (χ0v) is 19.1. The van der Waals surface area contributed by atoms with Crippen LogP contribution in [0.3, 0.4) is 0 Å². The van der Waals surface area contributed by atoms with Gasteiger partial charge in [0, 0.05) is 17.6 Å². The Labute approximate surface area is 186 Å². The Kier molecular flexibility index (Phi) is 5.21. The minimum atomic E-state index is -1.02. The van der Waals surface area contributed by atoms with Crippen molar-refractivity contribution in [1.82, 2.24) is 0 Å². The minimum absolute atomic E-state index is 0.129. The third-order valence-electron chi connectivity index (χ3n) is 10.1. The molecule has 7 atom stereocenters. The second-order valence-corrected chi connectivity index (χ2v) is 11.1. The van der Waals surface area contributed by atoms with E-state index in [-0.39, 0.29) is 17.4 Å². The molecule has 3 fully saturated rings. The summed E-state index contributed by atoms with van der Waals surface area (Å²) in [6.07, 6.45) is 14.1. The molecule has 3 saturated carbocycles. The van der Waals surface area contributed by atoms with E-state index in [9.17, 15) is 10.2 Å². The monoisotopic (exact) mass is 429 g/mol. The van der Waals surface area contributed by atoms with Gasteiger partial charge in [0.05, 0.1) is 24.2 Å². The number of ether oxygens (including phenoxy) is 1. The molecule has 0 saturated heterocycles. The molecule has 0 unspecified atom stereocenters. The highest BCUT2D eigenvalue weighted by molar-refractivity contribution is 5.33. The summed E-state index contributed by atoms with van der Waals surface area (Å²) in [5, 5.41) is 24.1. The first-order valence-corrected chi connectivity index (χ1v) is 12.3. The SMILES string of the molecule is C[C@]12CC[C@H]3[C@@H](CCC4=C[C@@H](OCCCN)CC[C@@]43C)[C@@]1(O)CC[C@]2(O)c1ccoc1. The zero-order valence-electron chi connectivity index (χ0n) is 19.1. The van der Waals surface area contributed by atoms with Gasteiger partial charge in [-0.15, -0.1) is 0 Å². The predicted octanol–water partition coefficient (Wildman–Crippen LogP) is 4.28. The lowest BCUT2D eigenvalue weighted by molar-refractivity contribution is -0.222. The summed E-state index contributed by atoms with van der Waals surface area (Å²) in [5.41, 5.74) is 5.69. The maximum atomic E-state index is 12.3. The van der Waals surface area contributed by atoms with E-state index in [2.05, 4.69) is 19.9 Å². The number of hydrogen-bond donors (Lipinski definition) is 3. The third kappa shape index (κ3) is 2.89. The van der Waals surface area contributed by atoms with Crippen molar-refractivity contribution < 1.29 is 19.4 Å². The molecule has 0 bridgehead atoms. The number of fused-ring (bicyclic) bond motifs is 5. The van der Waals surface area contributed by atoms with Gasteiger partial charge in [-0.05, 0) is 87.6 Å². The summed E-state index contributed by atoms with van der Waals surface area (Å²) in [4.78, 5) is 0. The van der Waals surface area contributed by atoms with Crippen LogP contribution in [0.15, 0.2) is 34.7 Å². The van der Waals surface area contributed by atoms with Gasteiger partial charge in [-0.1, -0.05) is 25.5 Å². The van der Waals surface area contributed by atoms with Crippen molar-refractivity contribution in [2.75, 3.05) is 13.2 Å². The Morgan fingerprint density at radius 1 is 1.10 bits per heavy atom. The molecule has 1 aromatic heterocycles. The summed E-state index contributed by atoms with van der Waals surface area (Å²) in [7, 11) is 0. The Bertz CT molecular complexity index is 836. The topological polar surface area (TPSA) is 88.9 Å². The quantitative estimate of drug-likeness (QED) is 0.480. The molecular weight excluding hydrogens is 390 g/mol. The summed E-state index contributed by atoms with van der Waals surface area (Å²) in [5.74, 6) is 0.686. The number of furan rings is 1. The second kappa shape index (κ2) is 7.44. The van der Waals surface area contributed by atoms with Gasteiger partial charge in [-0.25, -0.2) is 0 Å². The number of rotatable bonds is 5. The molecule has 4 aliphatic carbocycles. The van der Waals surface area contributed by atoms with E-state index < -0.39 is 16.6 Å². The average Bonchev–Trinajstić information content (AvgIpc) is 3.36. The smallest absolute Gasteiger partial charge is 0.101 e. The molecule has 0 aliphatic heterocycles. The molecule has 31 heavy (non-hydrogen) atoms. The van der Waals surface area contributed by atoms with Crippen LogP contribution in [0.4, 0.5) is 0 Å². The van der Waals surface area contributed by atoms with E-state index in [1.54, 1.807) is 12.5 Å². The van der Waals surface area contributed by atoms with Crippen molar-refractivity contribution in [3.63, 3.8) is 0 Å². The second-order valence-electron chi connectivity index (χ2n) is 11.1. The van der Waals surface area contributed by atoms with E-state index in [1.165, 1.54) is 5.57 Å². The van der Waals surface area contributed by atoms with Crippen molar-refractivity contribution in [2.45, 2.75) is 88.9 Å². The molecule has 0 spiro atoms. The van der Waals surface area contributed by atoms with Crippen molar-refractivity contribution >= 4 is 0 Å². The Morgan fingerprint density at radius 3 is 2.68 bits per heavy atom. The van der Waals surface area contributed by atoms with Crippen LogP contribution in [-0.4, -0.2) is 35.1 Å². The van der Waals surface area contributed by atoms with Gasteiger partial charge >= 0.3 is 0 Å². The van der Waals surface area contributed by atoms with Crippen LogP contribution in [0.1, 0.15) is 77.2 Å². The van der Waals surface area contributed by atoms with Gasteiger partial charge in [-0.3, -0.25) is 0 Å². The fourth-order valence-corrected chi connectivity index (χ4v) is 8.10. The molecule has 4 aliphatic rings. The molecule has 0 amide bonds. The van der Waals surface area contributed by atoms with Gasteiger partial charge in [0.1, 0.15) is 5.60 Å². The van der Waals surface area contributed by atoms with Gasteiger partial charge in [0.25, 0.3) is 0 Å². The fourth-order valence-electron chi connectivity index (χ4n) is 8.10. The first kappa shape index (κ1) is 21.7. The van der Waals surface area contributed by atoms with Crippen LogP contribution >= 0.6 is 0 Å². The van der Waals surface area contributed by atoms with E-state index in [0.717, 1.165) is 57.1 Å². The lowest BCUT2D eigenvalue weighted by Gasteiger charge is -2.62. The molecule has 4 N–H and O–H groups in total. The normalized spacial score (nSPS) is 46.7. The number of hydrogen-bond acceptors (Lipinski definition) is 5. The Hall–Kier alpha value is -1.14. The van der Waals surface area contributed by atoms with E-state index in [0.29, 0.717) is 25.3 Å². The van der Waals surface area contributed by atoms with Gasteiger partial charge < -0.3 is 25.1 Å². The molecule has 0 aromatic carbocycles. The summed E-state index contributed by atoms with van der Waals surface area (Å²) < 4.78 is 11.4. The minimum Gasteiger partial charge on any atom is -0.472 e. The van der Waals surface area contributed by atoms with Crippen LogP contribution in [-0.2, 0) is 10.3 Å². The largest absolute Gasteiger partial charge is 0.472 e. The summed E-state index contributed by atoms with van der Waals surface area (Å²) >= 11 is 0. The van der Waals surface area contributed by atoms with Crippen molar-refractivity contribution in [2.24, 2.45) is 28.4 Å². The molecule has 5 rings (SSSR count). The predicted molar refractivity (Wildman–Crippen MR) is 119 cm³/mol. The fraction of sp³-hybridized carbons (Fsp3) is 0.769. The zero-order chi connectivity index (χ0) is 21.9. The van der Waals surface area contributed by atoms with E-state index in [1.807, 2.05) is 6.07 Å². The van der Waals surface area contributed by atoms with Crippen LogP contribution in [0.5, 0.6) is 0 Å². The molecule has 5 heteroatoms. The highest BCUT2D eigenvalue weighted by Gasteiger charge is 2.71. The lowest BCUT2D eigenvalue weighted by Crippen LogP contribution is -2.63. The maximum Gasteiger partial charge on any atom is 0.101 e. The molecule has 1 aromatic rings. The van der Waals surface area contributed by atoms with Gasteiger partial charge in [0.2, 0.25) is 0 Å². The highest BCUT2D eigenvalue weighted by atomic mass is 16.5. The van der Waals surface area contributed by atoms with E-state index >= 15 is 0 Å². The molecule has 0 radical (unpaired) electrons. The van der Waals surface area contributed by atoms with Crippen LogP contribution < -0.4 is 5.73 Å². The highest BCUT2D eigenvalue weighted by Crippen LogP contribution is 2.71. The van der Waals surface area contributed by atoms with Crippen LogP contribution in [0.2, 0.25) is 0 Å². The third-order valence-corrected chi connectivity index (χ3v) is 10.1. The van der Waals surface area contributed by atoms with Gasteiger partial charge in [0.15, 0.2) is 0 Å². The molecule has 5 nitrogen and oxygen atoms in total. The van der Waals surface area contributed by atoms with Gasteiger partial charge in [-0.2, -0.15) is 0 Å². The summed E-state index contributed by atoms with van der Waals surface area (Å²) in [6.45, 7) is 5.96. The lowest BCUT2D eigenvalue weighted by atomic mass is 9.44. The first-order valence-electron chi connectivity index (χ1n) is 12.3. The van der Waals surface area contributed by atoms with Crippen LogP contribution in [0.25, 0.3) is 0 Å². The van der Waals surface area contributed by atoms with Crippen molar-refractivity contribution in [3.05, 3.63) is 35.8 Å². The molecular formula is C26H39NO4. The van der Waals surface area contributed by atoms with Crippen molar-refractivity contribution in [1.29, 1.82) is 0 Å². The van der Waals surface area contributed by atoms with Crippen LogP contribution in [0, 0.1) is 22.7 Å². The molecule has 1 heterocycles.